The Balaban J connectivity index is 1.54. The van der Waals surface area contributed by atoms with Crippen LogP contribution in [0.5, 0.6) is 0 Å². The molecule has 0 radical (unpaired) electrons. The Morgan fingerprint density at radius 3 is 2.45 bits per heavy atom. The van der Waals surface area contributed by atoms with Crippen molar-refractivity contribution in [2.24, 2.45) is 0 Å². The molecule has 2 aliphatic rings. The minimum absolute atomic E-state index is 0.273. The molecule has 20 heavy (non-hydrogen) atoms. The van der Waals surface area contributed by atoms with Gasteiger partial charge < -0.3 is 19.7 Å². The van der Waals surface area contributed by atoms with Gasteiger partial charge in [0.1, 0.15) is 5.82 Å². The zero-order valence-electron chi connectivity index (χ0n) is 12.3. The van der Waals surface area contributed by atoms with Gasteiger partial charge in [0, 0.05) is 33.0 Å². The molecule has 2 fully saturated rings. The number of pyridine rings is 1. The van der Waals surface area contributed by atoms with E-state index < -0.39 is 0 Å². The summed E-state index contributed by atoms with van der Waals surface area (Å²) in [4.78, 5) is 6.43. The lowest BCUT2D eigenvalue weighted by molar-refractivity contribution is -0.177. The molecule has 2 heterocycles. The van der Waals surface area contributed by atoms with Crippen molar-refractivity contribution in [3.63, 3.8) is 0 Å². The van der Waals surface area contributed by atoms with Crippen molar-refractivity contribution in [1.29, 1.82) is 0 Å². The van der Waals surface area contributed by atoms with Crippen LogP contribution in [0.4, 0.5) is 11.5 Å². The van der Waals surface area contributed by atoms with E-state index in [9.17, 15) is 0 Å². The summed E-state index contributed by atoms with van der Waals surface area (Å²) >= 11 is 0. The summed E-state index contributed by atoms with van der Waals surface area (Å²) in [7, 11) is 4.00. The monoisotopic (exact) mass is 277 g/mol. The molecule has 1 saturated carbocycles. The van der Waals surface area contributed by atoms with E-state index in [-0.39, 0.29) is 5.79 Å². The third-order valence-corrected chi connectivity index (χ3v) is 4.14. The fraction of sp³-hybridized carbons (Fsp3) is 0.667. The first kappa shape index (κ1) is 13.6. The SMILES string of the molecule is CN(C)c1ccc(NC2CCC3(CC2)OCCO3)cn1. The van der Waals surface area contributed by atoms with Gasteiger partial charge in [-0.25, -0.2) is 4.98 Å². The van der Waals surface area contributed by atoms with Crippen LogP contribution in [0, 0.1) is 0 Å². The van der Waals surface area contributed by atoms with Crippen molar-refractivity contribution in [1.82, 2.24) is 4.98 Å². The third kappa shape index (κ3) is 2.88. The van der Waals surface area contributed by atoms with Crippen molar-refractivity contribution in [2.75, 3.05) is 37.5 Å². The summed E-state index contributed by atoms with van der Waals surface area (Å²) in [5.41, 5.74) is 1.09. The van der Waals surface area contributed by atoms with Crippen LogP contribution in [-0.2, 0) is 9.47 Å². The van der Waals surface area contributed by atoms with E-state index in [0.717, 1.165) is 50.4 Å². The zero-order valence-corrected chi connectivity index (χ0v) is 12.3. The Bertz CT molecular complexity index is 431. The Labute approximate surface area is 120 Å². The Morgan fingerprint density at radius 1 is 1.20 bits per heavy atom. The van der Waals surface area contributed by atoms with Gasteiger partial charge >= 0.3 is 0 Å². The van der Waals surface area contributed by atoms with Crippen LogP contribution < -0.4 is 10.2 Å². The second-order valence-electron chi connectivity index (χ2n) is 5.83. The molecule has 0 bridgehead atoms. The van der Waals surface area contributed by atoms with Gasteiger partial charge in [-0.2, -0.15) is 0 Å². The van der Waals surface area contributed by atoms with Crippen molar-refractivity contribution in [3.05, 3.63) is 18.3 Å². The second kappa shape index (κ2) is 5.58. The Hall–Kier alpha value is -1.33. The summed E-state index contributed by atoms with van der Waals surface area (Å²) in [6.07, 6.45) is 6.02. The molecule has 0 atom stereocenters. The van der Waals surface area contributed by atoms with E-state index in [0.29, 0.717) is 6.04 Å². The van der Waals surface area contributed by atoms with E-state index in [4.69, 9.17) is 9.47 Å². The summed E-state index contributed by atoms with van der Waals surface area (Å²) in [5.74, 6) is 0.705. The molecule has 3 rings (SSSR count). The van der Waals surface area contributed by atoms with Crippen LogP contribution in [0.25, 0.3) is 0 Å². The lowest BCUT2D eigenvalue weighted by atomic mass is 9.90. The molecule has 1 N–H and O–H groups in total. The maximum absolute atomic E-state index is 5.75. The fourth-order valence-electron chi connectivity index (χ4n) is 2.96. The van der Waals surface area contributed by atoms with Crippen LogP contribution in [0.3, 0.4) is 0 Å². The molecule has 0 unspecified atom stereocenters. The quantitative estimate of drug-likeness (QED) is 0.918. The van der Waals surface area contributed by atoms with Gasteiger partial charge in [-0.05, 0) is 25.0 Å². The fourth-order valence-corrected chi connectivity index (χ4v) is 2.96. The van der Waals surface area contributed by atoms with Crippen molar-refractivity contribution in [2.45, 2.75) is 37.5 Å². The highest BCUT2D eigenvalue weighted by atomic mass is 16.7. The zero-order chi connectivity index (χ0) is 14.0. The number of ether oxygens (including phenoxy) is 2. The third-order valence-electron chi connectivity index (χ3n) is 4.14. The molecular weight excluding hydrogens is 254 g/mol. The van der Waals surface area contributed by atoms with Crippen molar-refractivity contribution >= 4 is 11.5 Å². The molecule has 1 saturated heterocycles. The summed E-state index contributed by atoms with van der Waals surface area (Å²) in [6.45, 7) is 1.49. The normalized spacial score (nSPS) is 22.1. The number of hydrogen-bond donors (Lipinski definition) is 1. The smallest absolute Gasteiger partial charge is 0.168 e. The summed E-state index contributed by atoms with van der Waals surface area (Å²) in [6, 6.07) is 4.62. The maximum Gasteiger partial charge on any atom is 0.168 e. The standard InChI is InChI=1S/C15H23N3O2/c1-18(2)14-4-3-13(11-16-14)17-12-5-7-15(8-6-12)19-9-10-20-15/h3-4,11-12,17H,5-10H2,1-2H3. The lowest BCUT2D eigenvalue weighted by Crippen LogP contribution is -2.39. The van der Waals surface area contributed by atoms with Crippen LogP contribution in [0.1, 0.15) is 25.7 Å². The van der Waals surface area contributed by atoms with Crippen LogP contribution in [0.15, 0.2) is 18.3 Å². The molecule has 0 amide bonds. The van der Waals surface area contributed by atoms with Gasteiger partial charge in [0.15, 0.2) is 5.79 Å². The highest BCUT2D eigenvalue weighted by Crippen LogP contribution is 2.36. The molecule has 1 aromatic heterocycles. The molecule has 1 aliphatic heterocycles. The second-order valence-corrected chi connectivity index (χ2v) is 5.83. The highest BCUT2D eigenvalue weighted by Gasteiger charge is 2.40. The number of anilines is 2. The molecule has 110 valence electrons. The Morgan fingerprint density at radius 2 is 1.90 bits per heavy atom. The van der Waals surface area contributed by atoms with Crippen LogP contribution in [-0.4, -0.2) is 44.1 Å². The first-order chi connectivity index (χ1) is 9.67. The van der Waals surface area contributed by atoms with E-state index in [1.807, 2.05) is 31.3 Å². The number of hydrogen-bond acceptors (Lipinski definition) is 5. The molecule has 5 heteroatoms. The van der Waals surface area contributed by atoms with E-state index in [2.05, 4.69) is 16.4 Å². The first-order valence-electron chi connectivity index (χ1n) is 7.35. The number of aromatic nitrogens is 1. The molecule has 1 spiro atoms. The van der Waals surface area contributed by atoms with Crippen molar-refractivity contribution in [3.8, 4) is 0 Å². The number of nitrogens with one attached hydrogen (secondary N) is 1. The molecular formula is C15H23N3O2. The first-order valence-corrected chi connectivity index (χ1v) is 7.35. The average Bonchev–Trinajstić information content (AvgIpc) is 2.91. The summed E-state index contributed by atoms with van der Waals surface area (Å²) in [5, 5.41) is 3.56. The predicted octanol–water partition coefficient (Wildman–Crippen LogP) is 2.25. The van der Waals surface area contributed by atoms with Crippen LogP contribution in [0.2, 0.25) is 0 Å². The van der Waals surface area contributed by atoms with E-state index >= 15 is 0 Å². The minimum Gasteiger partial charge on any atom is -0.381 e. The van der Waals surface area contributed by atoms with Gasteiger partial charge in [0.05, 0.1) is 25.1 Å². The molecule has 1 aromatic rings. The lowest BCUT2D eigenvalue weighted by Gasteiger charge is -2.35. The molecule has 0 aromatic carbocycles. The Kier molecular flexibility index (Phi) is 3.81. The maximum atomic E-state index is 5.75. The van der Waals surface area contributed by atoms with E-state index in [1.54, 1.807) is 0 Å². The van der Waals surface area contributed by atoms with Crippen LogP contribution >= 0.6 is 0 Å². The van der Waals surface area contributed by atoms with Gasteiger partial charge in [0.2, 0.25) is 0 Å². The summed E-state index contributed by atoms with van der Waals surface area (Å²) < 4.78 is 11.5. The molecule has 1 aliphatic carbocycles. The topological polar surface area (TPSA) is 46.6 Å². The minimum atomic E-state index is -0.273. The number of rotatable bonds is 3. The highest BCUT2D eigenvalue weighted by molar-refractivity contribution is 5.48. The molecule has 5 nitrogen and oxygen atoms in total. The van der Waals surface area contributed by atoms with E-state index in [1.165, 1.54) is 0 Å². The van der Waals surface area contributed by atoms with Gasteiger partial charge in [-0.3, -0.25) is 0 Å². The average molecular weight is 277 g/mol. The largest absolute Gasteiger partial charge is 0.381 e. The van der Waals surface area contributed by atoms with Gasteiger partial charge in [-0.1, -0.05) is 0 Å². The number of nitrogens with zero attached hydrogens (tertiary/aromatic N) is 2. The predicted molar refractivity (Wildman–Crippen MR) is 79.1 cm³/mol. The van der Waals surface area contributed by atoms with Gasteiger partial charge in [0.25, 0.3) is 0 Å². The van der Waals surface area contributed by atoms with Gasteiger partial charge in [-0.15, -0.1) is 0 Å². The van der Waals surface area contributed by atoms with Crippen molar-refractivity contribution < 1.29 is 9.47 Å².